The number of nitrogens with zero attached hydrogens (tertiary/aromatic N) is 1. The van der Waals surface area contributed by atoms with Crippen LogP contribution in [-0.2, 0) is 0 Å². The molecule has 2 aromatic rings. The second kappa shape index (κ2) is 4.18. The number of hydrogen-bond acceptors (Lipinski definition) is 3. The minimum Gasteiger partial charge on any atom is -0.383 e. The maximum absolute atomic E-state index is 5.91. The van der Waals surface area contributed by atoms with Crippen molar-refractivity contribution in [2.24, 2.45) is 0 Å². The third kappa shape index (κ3) is 1.89. The Morgan fingerprint density at radius 2 is 2.18 bits per heavy atom. The van der Waals surface area contributed by atoms with E-state index in [0.29, 0.717) is 5.82 Å². The minimum absolute atomic E-state index is 0.610. The van der Waals surface area contributed by atoms with Gasteiger partial charge in [-0.3, -0.25) is 0 Å². The van der Waals surface area contributed by atoms with E-state index in [4.69, 9.17) is 5.73 Å². The van der Waals surface area contributed by atoms with Crippen molar-refractivity contribution in [3.8, 4) is 0 Å². The number of pyridine rings is 1. The van der Waals surface area contributed by atoms with Crippen LogP contribution in [0.15, 0.2) is 36.5 Å². The lowest BCUT2D eigenvalue weighted by Gasteiger charge is -2.14. The maximum Gasteiger partial charge on any atom is 0.131 e. The highest BCUT2D eigenvalue weighted by Crippen LogP contribution is 2.26. The van der Waals surface area contributed by atoms with Crippen molar-refractivity contribution in [3.05, 3.63) is 42.1 Å². The molecular weight excluding hydrogens is 210 g/mol. The largest absolute Gasteiger partial charge is 0.383 e. The number of nitrogens with one attached hydrogen (secondary N) is 1. The molecule has 3 nitrogen and oxygen atoms in total. The molecule has 86 valence electrons. The predicted molar refractivity (Wildman–Crippen MR) is 71.6 cm³/mol. The summed E-state index contributed by atoms with van der Waals surface area (Å²) in [5.41, 5.74) is 8.57. The smallest absolute Gasteiger partial charge is 0.131 e. The summed E-state index contributed by atoms with van der Waals surface area (Å²) in [6.45, 7) is 2.00. The third-order valence-corrected chi connectivity index (χ3v) is 3.23. The monoisotopic (exact) mass is 225 g/mol. The number of benzene rings is 1. The summed E-state index contributed by atoms with van der Waals surface area (Å²) in [5.74, 6) is 0.610. The van der Waals surface area contributed by atoms with E-state index in [1.807, 2.05) is 6.07 Å². The molecule has 0 fully saturated rings. The molecule has 0 radical (unpaired) electrons. The fourth-order valence-corrected chi connectivity index (χ4v) is 2.28. The zero-order valence-electron chi connectivity index (χ0n) is 9.61. The van der Waals surface area contributed by atoms with Gasteiger partial charge in [-0.2, -0.15) is 0 Å². The average molecular weight is 225 g/mol. The molecule has 3 heteroatoms. The van der Waals surface area contributed by atoms with E-state index in [2.05, 4.69) is 34.6 Å². The van der Waals surface area contributed by atoms with Crippen molar-refractivity contribution in [2.75, 3.05) is 18.8 Å². The lowest BCUT2D eigenvalue weighted by atomic mass is 9.98. The fraction of sp³-hybridized carbons (Fsp3) is 0.214. The second-order valence-electron chi connectivity index (χ2n) is 4.32. The van der Waals surface area contributed by atoms with Crippen molar-refractivity contribution in [3.63, 3.8) is 0 Å². The van der Waals surface area contributed by atoms with Crippen LogP contribution in [0.1, 0.15) is 12.0 Å². The van der Waals surface area contributed by atoms with Gasteiger partial charge in [-0.25, -0.2) is 4.98 Å². The number of anilines is 1. The van der Waals surface area contributed by atoms with Crippen LogP contribution in [0, 0.1) is 0 Å². The van der Waals surface area contributed by atoms with E-state index in [1.54, 1.807) is 6.20 Å². The average Bonchev–Trinajstić information content (AvgIpc) is 2.40. The molecule has 0 spiro atoms. The first-order valence-corrected chi connectivity index (χ1v) is 5.89. The lowest BCUT2D eigenvalue weighted by Crippen LogP contribution is -2.19. The van der Waals surface area contributed by atoms with Gasteiger partial charge in [0.15, 0.2) is 0 Å². The molecule has 0 unspecified atom stereocenters. The first-order chi connectivity index (χ1) is 8.34. The molecule has 0 aliphatic carbocycles. The maximum atomic E-state index is 5.91. The molecule has 0 bridgehead atoms. The zero-order valence-corrected chi connectivity index (χ0v) is 9.61. The molecule has 17 heavy (non-hydrogen) atoms. The van der Waals surface area contributed by atoms with Gasteiger partial charge < -0.3 is 11.1 Å². The van der Waals surface area contributed by atoms with Gasteiger partial charge in [-0.05, 0) is 41.6 Å². The number of nitrogens with two attached hydrogens (primary N) is 1. The summed E-state index contributed by atoms with van der Waals surface area (Å²) in [6, 6.07) is 8.42. The summed E-state index contributed by atoms with van der Waals surface area (Å²) in [5, 5.41) is 5.51. The number of hydrogen-bond donors (Lipinski definition) is 2. The van der Waals surface area contributed by atoms with Crippen LogP contribution in [-0.4, -0.2) is 18.1 Å². The first-order valence-electron chi connectivity index (χ1n) is 5.89. The van der Waals surface area contributed by atoms with E-state index < -0.39 is 0 Å². The fourth-order valence-electron chi connectivity index (χ4n) is 2.28. The third-order valence-electron chi connectivity index (χ3n) is 3.23. The number of nitrogen functional groups attached to an aromatic ring is 1. The Kier molecular flexibility index (Phi) is 2.53. The van der Waals surface area contributed by atoms with Crippen LogP contribution in [0.5, 0.6) is 0 Å². The van der Waals surface area contributed by atoms with Crippen molar-refractivity contribution in [1.82, 2.24) is 10.3 Å². The molecule has 0 saturated carbocycles. The highest BCUT2D eigenvalue weighted by Gasteiger charge is 2.07. The van der Waals surface area contributed by atoms with Crippen LogP contribution in [0.25, 0.3) is 16.3 Å². The predicted octanol–water partition coefficient (Wildman–Crippen LogP) is 2.19. The van der Waals surface area contributed by atoms with Crippen molar-refractivity contribution in [1.29, 1.82) is 0 Å². The van der Waals surface area contributed by atoms with Crippen LogP contribution >= 0.6 is 0 Å². The van der Waals surface area contributed by atoms with E-state index in [9.17, 15) is 0 Å². The molecule has 3 rings (SSSR count). The minimum atomic E-state index is 0.610. The Balaban J connectivity index is 2.12. The van der Waals surface area contributed by atoms with E-state index >= 15 is 0 Å². The Bertz CT molecular complexity index is 587. The van der Waals surface area contributed by atoms with Gasteiger partial charge in [0, 0.05) is 18.1 Å². The zero-order chi connectivity index (χ0) is 11.7. The van der Waals surface area contributed by atoms with Crippen molar-refractivity contribution < 1.29 is 0 Å². The highest BCUT2D eigenvalue weighted by molar-refractivity contribution is 5.93. The number of rotatable bonds is 1. The van der Waals surface area contributed by atoms with Crippen LogP contribution in [0.2, 0.25) is 0 Å². The molecule has 0 saturated heterocycles. The number of fused-ring (bicyclic) bond motifs is 1. The lowest BCUT2D eigenvalue weighted by molar-refractivity contribution is 0.739. The van der Waals surface area contributed by atoms with Gasteiger partial charge in [-0.15, -0.1) is 0 Å². The van der Waals surface area contributed by atoms with E-state index in [-0.39, 0.29) is 0 Å². The summed E-state index contributed by atoms with van der Waals surface area (Å²) in [7, 11) is 0. The molecule has 0 amide bonds. The molecule has 1 aromatic carbocycles. The standard InChI is InChI=1S/C14H15N3/c15-14-13-9-12(10-3-6-16-7-4-10)2-1-11(13)5-8-17-14/h1-3,5,8-9,16H,4,6-7H2,(H2,15,17). The van der Waals surface area contributed by atoms with Gasteiger partial charge >= 0.3 is 0 Å². The number of aromatic nitrogens is 1. The van der Waals surface area contributed by atoms with Gasteiger partial charge in [0.2, 0.25) is 0 Å². The highest BCUT2D eigenvalue weighted by atomic mass is 14.8. The topological polar surface area (TPSA) is 50.9 Å². The normalized spacial score (nSPS) is 15.9. The van der Waals surface area contributed by atoms with Crippen LogP contribution in [0.3, 0.4) is 0 Å². The summed E-state index contributed by atoms with van der Waals surface area (Å²) >= 11 is 0. The summed E-state index contributed by atoms with van der Waals surface area (Å²) in [6.07, 6.45) is 5.07. The first kappa shape index (κ1) is 10.3. The van der Waals surface area contributed by atoms with Crippen LogP contribution in [0.4, 0.5) is 5.82 Å². The molecule has 0 atom stereocenters. The van der Waals surface area contributed by atoms with Gasteiger partial charge in [0.25, 0.3) is 0 Å². The SMILES string of the molecule is Nc1nccc2ccc(C3=CCNCC3)cc12. The Morgan fingerprint density at radius 3 is 3.00 bits per heavy atom. The molecule has 3 N–H and O–H groups in total. The molecule has 1 aliphatic rings. The quantitative estimate of drug-likeness (QED) is 0.782. The van der Waals surface area contributed by atoms with Crippen molar-refractivity contribution >= 4 is 22.2 Å². The van der Waals surface area contributed by atoms with Crippen molar-refractivity contribution in [2.45, 2.75) is 6.42 Å². The van der Waals surface area contributed by atoms with Gasteiger partial charge in [0.05, 0.1) is 0 Å². The second-order valence-corrected chi connectivity index (χ2v) is 4.32. The molecule has 1 aliphatic heterocycles. The summed E-state index contributed by atoms with van der Waals surface area (Å²) < 4.78 is 0. The Morgan fingerprint density at radius 1 is 1.24 bits per heavy atom. The van der Waals surface area contributed by atoms with Gasteiger partial charge in [-0.1, -0.05) is 18.2 Å². The van der Waals surface area contributed by atoms with E-state index in [1.165, 1.54) is 11.1 Å². The summed E-state index contributed by atoms with van der Waals surface area (Å²) in [4.78, 5) is 4.14. The van der Waals surface area contributed by atoms with E-state index in [0.717, 1.165) is 30.3 Å². The molecular formula is C14H15N3. The van der Waals surface area contributed by atoms with Crippen LogP contribution < -0.4 is 11.1 Å². The Hall–Kier alpha value is -1.87. The van der Waals surface area contributed by atoms with Gasteiger partial charge in [0.1, 0.15) is 5.82 Å². The molecule has 1 aromatic heterocycles. The Labute approximate surface area is 100 Å². The molecule has 2 heterocycles.